The van der Waals surface area contributed by atoms with Crippen LogP contribution >= 0.6 is 11.6 Å². The van der Waals surface area contributed by atoms with Crippen molar-refractivity contribution in [1.82, 2.24) is 15.0 Å². The van der Waals surface area contributed by atoms with Crippen LogP contribution in [0.5, 0.6) is 0 Å². The molecule has 0 atom stereocenters. The summed E-state index contributed by atoms with van der Waals surface area (Å²) in [4.78, 5) is 0. The Balaban J connectivity index is 2.31. The first kappa shape index (κ1) is 15.0. The molecule has 5 heteroatoms. The quantitative estimate of drug-likeness (QED) is 0.888. The van der Waals surface area contributed by atoms with Crippen molar-refractivity contribution >= 4 is 11.6 Å². The summed E-state index contributed by atoms with van der Waals surface area (Å²) in [6.45, 7) is 5.52. The van der Waals surface area contributed by atoms with Gasteiger partial charge in [0, 0.05) is 17.5 Å². The second kappa shape index (κ2) is 6.86. The van der Waals surface area contributed by atoms with E-state index in [0.29, 0.717) is 19.0 Å². The molecule has 1 aromatic heterocycles. The molecule has 2 N–H and O–H groups in total. The van der Waals surface area contributed by atoms with Gasteiger partial charge in [-0.1, -0.05) is 42.8 Å². The molecule has 0 aliphatic rings. The van der Waals surface area contributed by atoms with E-state index < -0.39 is 0 Å². The Kier molecular flexibility index (Phi) is 5.15. The number of nitrogens with two attached hydrogens (primary N) is 1. The van der Waals surface area contributed by atoms with E-state index in [1.807, 2.05) is 28.9 Å². The molecule has 0 aliphatic heterocycles. The molecule has 0 radical (unpaired) electrons. The average molecular weight is 293 g/mol. The molecule has 0 spiro atoms. The molecule has 2 aromatic rings. The minimum Gasteiger partial charge on any atom is -0.325 e. The van der Waals surface area contributed by atoms with Crippen molar-refractivity contribution in [3.05, 3.63) is 46.2 Å². The molecule has 2 rings (SSSR count). The Morgan fingerprint density at radius 1 is 1.20 bits per heavy atom. The van der Waals surface area contributed by atoms with Gasteiger partial charge in [-0.25, -0.2) is 4.68 Å². The zero-order chi connectivity index (χ0) is 14.5. The molecule has 0 saturated heterocycles. The van der Waals surface area contributed by atoms with Crippen molar-refractivity contribution in [2.75, 3.05) is 0 Å². The Morgan fingerprint density at radius 2 is 1.85 bits per heavy atom. The van der Waals surface area contributed by atoms with Crippen LogP contribution in [0.15, 0.2) is 24.3 Å². The van der Waals surface area contributed by atoms with E-state index in [1.54, 1.807) is 0 Å². The molecule has 0 unspecified atom stereocenters. The summed E-state index contributed by atoms with van der Waals surface area (Å²) < 4.78 is 1.98. The van der Waals surface area contributed by atoms with Gasteiger partial charge < -0.3 is 5.73 Å². The minimum absolute atomic E-state index is 0.437. The highest BCUT2D eigenvalue weighted by atomic mass is 35.5. The summed E-state index contributed by atoms with van der Waals surface area (Å²) in [5, 5.41) is 9.25. The van der Waals surface area contributed by atoms with Gasteiger partial charge in [-0.2, -0.15) is 0 Å². The van der Waals surface area contributed by atoms with Gasteiger partial charge in [0.25, 0.3) is 0 Å². The molecule has 0 bridgehead atoms. The maximum Gasteiger partial charge on any atom is 0.0997 e. The van der Waals surface area contributed by atoms with Gasteiger partial charge in [0.2, 0.25) is 0 Å². The second-order valence-corrected chi connectivity index (χ2v) is 5.36. The van der Waals surface area contributed by atoms with Crippen LogP contribution in [0.2, 0.25) is 5.02 Å². The van der Waals surface area contributed by atoms with Crippen LogP contribution in [0.25, 0.3) is 0 Å². The molecule has 0 aliphatic carbocycles. The summed E-state index contributed by atoms with van der Waals surface area (Å²) >= 11 is 5.92. The van der Waals surface area contributed by atoms with Crippen LogP contribution in [-0.2, 0) is 13.1 Å². The topological polar surface area (TPSA) is 56.7 Å². The van der Waals surface area contributed by atoms with Gasteiger partial charge in [0.15, 0.2) is 0 Å². The van der Waals surface area contributed by atoms with Crippen LogP contribution in [-0.4, -0.2) is 15.0 Å². The van der Waals surface area contributed by atoms with Gasteiger partial charge >= 0.3 is 0 Å². The summed E-state index contributed by atoms with van der Waals surface area (Å²) in [7, 11) is 0. The van der Waals surface area contributed by atoms with E-state index >= 15 is 0 Å². The zero-order valence-electron chi connectivity index (χ0n) is 12.0. The first-order valence-electron chi connectivity index (χ1n) is 7.06. The van der Waals surface area contributed by atoms with E-state index in [-0.39, 0.29) is 0 Å². The summed E-state index contributed by atoms with van der Waals surface area (Å²) in [6, 6.07) is 7.83. The Morgan fingerprint density at radius 3 is 2.40 bits per heavy atom. The molecule has 1 aromatic carbocycles. The SMILES string of the molecule is CCC(CC)c1c(CN)nnn1Cc1ccc(Cl)cc1. The third-order valence-corrected chi connectivity index (χ3v) is 3.91. The lowest BCUT2D eigenvalue weighted by Crippen LogP contribution is -2.12. The van der Waals surface area contributed by atoms with E-state index in [4.69, 9.17) is 17.3 Å². The van der Waals surface area contributed by atoms with Crippen LogP contribution in [0, 0.1) is 0 Å². The fourth-order valence-corrected chi connectivity index (χ4v) is 2.63. The summed E-state index contributed by atoms with van der Waals surface area (Å²) in [5.41, 5.74) is 9.04. The van der Waals surface area contributed by atoms with Crippen molar-refractivity contribution in [3.8, 4) is 0 Å². The third-order valence-electron chi connectivity index (χ3n) is 3.66. The van der Waals surface area contributed by atoms with Crippen molar-refractivity contribution in [2.24, 2.45) is 5.73 Å². The lowest BCUT2D eigenvalue weighted by molar-refractivity contribution is 0.541. The largest absolute Gasteiger partial charge is 0.325 e. The number of halogens is 1. The molecule has 0 saturated carbocycles. The summed E-state index contributed by atoms with van der Waals surface area (Å²) in [6.07, 6.45) is 2.13. The molecule has 4 nitrogen and oxygen atoms in total. The molecule has 0 fully saturated rings. The highest BCUT2D eigenvalue weighted by Gasteiger charge is 2.19. The Hall–Kier alpha value is -1.39. The van der Waals surface area contributed by atoms with Crippen LogP contribution < -0.4 is 5.73 Å². The highest BCUT2D eigenvalue weighted by molar-refractivity contribution is 6.30. The van der Waals surface area contributed by atoms with Crippen molar-refractivity contribution in [1.29, 1.82) is 0 Å². The minimum atomic E-state index is 0.437. The zero-order valence-corrected chi connectivity index (χ0v) is 12.8. The molecule has 108 valence electrons. The van der Waals surface area contributed by atoms with E-state index in [9.17, 15) is 0 Å². The Labute approximate surface area is 124 Å². The number of aromatic nitrogens is 3. The lowest BCUT2D eigenvalue weighted by Gasteiger charge is -2.16. The molecular weight excluding hydrogens is 272 g/mol. The smallest absolute Gasteiger partial charge is 0.0997 e. The molecule has 1 heterocycles. The van der Waals surface area contributed by atoms with E-state index in [0.717, 1.165) is 29.1 Å². The highest BCUT2D eigenvalue weighted by Crippen LogP contribution is 2.25. The van der Waals surface area contributed by atoms with Crippen molar-refractivity contribution < 1.29 is 0 Å². The fraction of sp³-hybridized carbons (Fsp3) is 0.467. The van der Waals surface area contributed by atoms with Crippen LogP contribution in [0.3, 0.4) is 0 Å². The maximum absolute atomic E-state index is 5.92. The predicted molar refractivity (Wildman–Crippen MR) is 81.8 cm³/mol. The average Bonchev–Trinajstić information content (AvgIpc) is 2.86. The number of hydrogen-bond acceptors (Lipinski definition) is 3. The Bertz CT molecular complexity index is 544. The fourth-order valence-electron chi connectivity index (χ4n) is 2.50. The standard InChI is InChI=1S/C15H21ClN4/c1-3-12(4-2)15-14(9-17)18-19-20(15)10-11-5-7-13(16)8-6-11/h5-8,12H,3-4,9-10,17H2,1-2H3. The lowest BCUT2D eigenvalue weighted by atomic mass is 9.97. The third kappa shape index (κ3) is 3.19. The van der Waals surface area contributed by atoms with Crippen LogP contribution in [0.4, 0.5) is 0 Å². The summed E-state index contributed by atoms with van der Waals surface area (Å²) in [5.74, 6) is 0.454. The number of nitrogens with zero attached hydrogens (tertiary/aromatic N) is 3. The molecule has 20 heavy (non-hydrogen) atoms. The van der Waals surface area contributed by atoms with Gasteiger partial charge in [-0.05, 0) is 30.5 Å². The maximum atomic E-state index is 5.92. The molecule has 0 amide bonds. The first-order chi connectivity index (χ1) is 9.69. The van der Waals surface area contributed by atoms with Crippen molar-refractivity contribution in [3.63, 3.8) is 0 Å². The molecular formula is C15H21ClN4. The van der Waals surface area contributed by atoms with E-state index in [1.165, 1.54) is 5.69 Å². The predicted octanol–water partition coefficient (Wildman–Crippen LogP) is 3.34. The van der Waals surface area contributed by atoms with Gasteiger partial charge in [-0.15, -0.1) is 5.10 Å². The number of hydrogen-bond donors (Lipinski definition) is 1. The number of rotatable bonds is 6. The van der Waals surface area contributed by atoms with Gasteiger partial charge in [0.1, 0.15) is 0 Å². The number of benzene rings is 1. The van der Waals surface area contributed by atoms with Crippen molar-refractivity contribution in [2.45, 2.75) is 45.7 Å². The first-order valence-corrected chi connectivity index (χ1v) is 7.44. The monoisotopic (exact) mass is 292 g/mol. The van der Waals surface area contributed by atoms with E-state index in [2.05, 4.69) is 24.2 Å². The second-order valence-electron chi connectivity index (χ2n) is 4.92. The van der Waals surface area contributed by atoms with Gasteiger partial charge in [-0.3, -0.25) is 0 Å². The normalized spacial score (nSPS) is 11.2. The van der Waals surface area contributed by atoms with Crippen LogP contribution in [0.1, 0.15) is 49.6 Å². The van der Waals surface area contributed by atoms with Gasteiger partial charge in [0.05, 0.1) is 17.9 Å².